The van der Waals surface area contributed by atoms with Gasteiger partial charge in [-0.3, -0.25) is 4.79 Å². The van der Waals surface area contributed by atoms with Gasteiger partial charge in [-0.25, -0.2) is 5.01 Å². The van der Waals surface area contributed by atoms with Crippen molar-refractivity contribution in [3.8, 4) is 0 Å². The molecular weight excluding hydrogens is 272 g/mol. The third-order valence-electron chi connectivity index (χ3n) is 3.10. The Morgan fingerprint density at radius 1 is 1.33 bits per heavy atom. The van der Waals surface area contributed by atoms with Gasteiger partial charge in [-0.1, -0.05) is 25.9 Å². The average molecular weight is 298 g/mol. The standard InChI is InChI=1S/C14H26N4O3/c1-9(16-21-13(5,6)7)14(17-20)10(12(2,3)4)15-18(8)11(14)19/h17,20H,1-8H3. The van der Waals surface area contributed by atoms with E-state index in [9.17, 15) is 10.0 Å². The maximum atomic E-state index is 12.5. The molecule has 1 heterocycles. The summed E-state index contributed by atoms with van der Waals surface area (Å²) in [6, 6.07) is 0. The molecule has 1 aliphatic rings. The van der Waals surface area contributed by atoms with E-state index in [0.717, 1.165) is 0 Å². The van der Waals surface area contributed by atoms with Crippen LogP contribution in [0.5, 0.6) is 0 Å². The molecule has 1 unspecified atom stereocenters. The van der Waals surface area contributed by atoms with Crippen molar-refractivity contribution in [2.75, 3.05) is 7.05 Å². The molecule has 1 atom stereocenters. The highest BCUT2D eigenvalue weighted by molar-refractivity contribution is 6.34. The zero-order valence-electron chi connectivity index (χ0n) is 14.1. The first-order chi connectivity index (χ1) is 9.36. The van der Waals surface area contributed by atoms with Gasteiger partial charge in [0.15, 0.2) is 0 Å². The van der Waals surface area contributed by atoms with E-state index in [1.165, 1.54) is 5.01 Å². The summed E-state index contributed by atoms with van der Waals surface area (Å²) in [6.45, 7) is 12.9. The van der Waals surface area contributed by atoms with Crippen LogP contribution in [0.15, 0.2) is 10.3 Å². The van der Waals surface area contributed by atoms with E-state index in [1.54, 1.807) is 14.0 Å². The van der Waals surface area contributed by atoms with Crippen LogP contribution in [-0.4, -0.2) is 45.7 Å². The van der Waals surface area contributed by atoms with Crippen molar-refractivity contribution in [3.05, 3.63) is 0 Å². The first-order valence-electron chi connectivity index (χ1n) is 6.88. The SMILES string of the molecule is CC(=NOC(C)(C)C)C1(NO)C(=O)N(C)N=C1C(C)(C)C. The van der Waals surface area contributed by atoms with Crippen molar-refractivity contribution < 1.29 is 14.8 Å². The molecule has 0 aromatic carbocycles. The van der Waals surface area contributed by atoms with Crippen molar-refractivity contribution in [1.29, 1.82) is 0 Å². The molecule has 0 aliphatic carbocycles. The van der Waals surface area contributed by atoms with E-state index in [2.05, 4.69) is 15.7 Å². The number of oxime groups is 1. The summed E-state index contributed by atoms with van der Waals surface area (Å²) in [5.41, 5.74) is 0.496. The van der Waals surface area contributed by atoms with Crippen molar-refractivity contribution >= 4 is 17.3 Å². The van der Waals surface area contributed by atoms with Crippen LogP contribution < -0.4 is 5.48 Å². The summed E-state index contributed by atoms with van der Waals surface area (Å²) >= 11 is 0. The molecule has 0 spiro atoms. The number of hydrogen-bond acceptors (Lipinski definition) is 6. The predicted molar refractivity (Wildman–Crippen MR) is 81.3 cm³/mol. The molecule has 0 saturated heterocycles. The number of amides is 1. The van der Waals surface area contributed by atoms with Gasteiger partial charge in [-0.05, 0) is 27.7 Å². The number of hydroxylamine groups is 1. The number of rotatable bonds is 3. The van der Waals surface area contributed by atoms with Gasteiger partial charge in [-0.2, -0.15) is 10.6 Å². The van der Waals surface area contributed by atoms with Crippen LogP contribution in [-0.2, 0) is 9.63 Å². The van der Waals surface area contributed by atoms with Crippen LogP contribution in [0, 0.1) is 5.41 Å². The summed E-state index contributed by atoms with van der Waals surface area (Å²) in [5, 5.41) is 19.2. The average Bonchev–Trinajstić information content (AvgIpc) is 2.59. The lowest BCUT2D eigenvalue weighted by molar-refractivity contribution is -0.133. The zero-order valence-corrected chi connectivity index (χ0v) is 14.1. The molecule has 0 saturated carbocycles. The fourth-order valence-corrected chi connectivity index (χ4v) is 2.11. The van der Waals surface area contributed by atoms with E-state index in [4.69, 9.17) is 4.84 Å². The Balaban J connectivity index is 3.35. The Labute approximate surface area is 126 Å². The van der Waals surface area contributed by atoms with Gasteiger partial charge in [0.25, 0.3) is 5.91 Å². The number of likely N-dealkylation sites (N-methyl/N-ethyl adjacent to an activating group) is 1. The van der Waals surface area contributed by atoms with Gasteiger partial charge in [0.05, 0.1) is 11.4 Å². The van der Waals surface area contributed by atoms with Gasteiger partial charge in [0, 0.05) is 12.5 Å². The second-order valence-electron chi connectivity index (χ2n) is 7.27. The van der Waals surface area contributed by atoms with Crippen molar-refractivity contribution in [2.45, 2.75) is 59.6 Å². The third-order valence-corrected chi connectivity index (χ3v) is 3.10. The summed E-state index contributed by atoms with van der Waals surface area (Å²) in [6.07, 6.45) is 0. The fraction of sp³-hybridized carbons (Fsp3) is 0.786. The van der Waals surface area contributed by atoms with Gasteiger partial charge < -0.3 is 10.0 Å². The number of hydrogen-bond donors (Lipinski definition) is 2. The van der Waals surface area contributed by atoms with Crippen molar-refractivity contribution in [2.24, 2.45) is 15.7 Å². The van der Waals surface area contributed by atoms with Crippen molar-refractivity contribution in [1.82, 2.24) is 10.5 Å². The maximum Gasteiger partial charge on any atom is 0.276 e. The topological polar surface area (TPSA) is 86.5 Å². The summed E-state index contributed by atoms with van der Waals surface area (Å²) < 4.78 is 0. The third kappa shape index (κ3) is 3.24. The zero-order chi connectivity index (χ0) is 16.6. The van der Waals surface area contributed by atoms with Crippen LogP contribution in [0.3, 0.4) is 0 Å². The molecule has 7 heteroatoms. The lowest BCUT2D eigenvalue weighted by Gasteiger charge is -2.32. The molecule has 1 rings (SSSR count). The molecule has 0 radical (unpaired) electrons. The number of nitrogens with one attached hydrogen (secondary N) is 1. The first kappa shape index (κ1) is 17.6. The van der Waals surface area contributed by atoms with E-state index in [-0.39, 0.29) is 0 Å². The van der Waals surface area contributed by atoms with E-state index < -0.39 is 22.5 Å². The Morgan fingerprint density at radius 3 is 2.24 bits per heavy atom. The minimum atomic E-state index is -1.49. The molecule has 7 nitrogen and oxygen atoms in total. The molecule has 1 aliphatic heterocycles. The van der Waals surface area contributed by atoms with Gasteiger partial charge in [0.2, 0.25) is 5.54 Å². The molecule has 120 valence electrons. The fourth-order valence-electron chi connectivity index (χ4n) is 2.11. The van der Waals surface area contributed by atoms with E-state index >= 15 is 0 Å². The number of carbonyl (C=O) groups is 1. The minimum absolute atomic E-state index is 0.308. The highest BCUT2D eigenvalue weighted by atomic mass is 16.6. The molecule has 0 bridgehead atoms. The van der Waals surface area contributed by atoms with Crippen molar-refractivity contribution in [3.63, 3.8) is 0 Å². The molecule has 2 N–H and O–H groups in total. The number of carbonyl (C=O) groups excluding carboxylic acids is 1. The number of nitrogens with zero attached hydrogens (tertiary/aromatic N) is 3. The Morgan fingerprint density at radius 2 is 1.86 bits per heavy atom. The molecule has 0 aromatic rings. The minimum Gasteiger partial charge on any atom is -0.390 e. The lowest BCUT2D eigenvalue weighted by atomic mass is 9.75. The lowest BCUT2D eigenvalue weighted by Crippen LogP contribution is -2.63. The van der Waals surface area contributed by atoms with Crippen LogP contribution in [0.25, 0.3) is 0 Å². The normalized spacial score (nSPS) is 24.4. The second-order valence-corrected chi connectivity index (χ2v) is 7.27. The summed E-state index contributed by atoms with van der Waals surface area (Å²) in [4.78, 5) is 17.9. The Bertz CT molecular complexity index is 485. The van der Waals surface area contributed by atoms with Crippen LogP contribution >= 0.6 is 0 Å². The van der Waals surface area contributed by atoms with Crippen LogP contribution in [0.4, 0.5) is 0 Å². The number of hydrazone groups is 1. The predicted octanol–water partition coefficient (Wildman–Crippen LogP) is 1.77. The Kier molecular flexibility index (Phi) is 4.51. The molecule has 0 aromatic heterocycles. The van der Waals surface area contributed by atoms with Gasteiger partial charge in [0.1, 0.15) is 5.60 Å². The van der Waals surface area contributed by atoms with E-state index in [1.807, 2.05) is 41.5 Å². The van der Waals surface area contributed by atoms with Gasteiger partial charge in [-0.15, -0.1) is 0 Å². The van der Waals surface area contributed by atoms with Crippen LogP contribution in [0.2, 0.25) is 0 Å². The first-order valence-corrected chi connectivity index (χ1v) is 6.88. The summed E-state index contributed by atoms with van der Waals surface area (Å²) in [5.74, 6) is -0.395. The smallest absolute Gasteiger partial charge is 0.276 e. The highest BCUT2D eigenvalue weighted by Gasteiger charge is 2.56. The van der Waals surface area contributed by atoms with Gasteiger partial charge >= 0.3 is 0 Å². The monoisotopic (exact) mass is 298 g/mol. The molecular formula is C14H26N4O3. The van der Waals surface area contributed by atoms with E-state index in [0.29, 0.717) is 11.4 Å². The summed E-state index contributed by atoms with van der Waals surface area (Å²) in [7, 11) is 1.55. The highest BCUT2D eigenvalue weighted by Crippen LogP contribution is 2.32. The molecule has 0 fully saturated rings. The molecule has 1 amide bonds. The largest absolute Gasteiger partial charge is 0.390 e. The Hall–Kier alpha value is -1.47. The molecule has 21 heavy (non-hydrogen) atoms. The maximum absolute atomic E-state index is 12.5. The second kappa shape index (κ2) is 5.38. The quantitative estimate of drug-likeness (QED) is 0.614. The van der Waals surface area contributed by atoms with Crippen LogP contribution in [0.1, 0.15) is 48.5 Å².